The molecular formula is C31H30ClN3O6. The number of benzene rings is 3. The fourth-order valence-corrected chi connectivity index (χ4v) is 5.51. The molecule has 0 radical (unpaired) electrons. The number of carboxylic acid groups (broad SMARTS) is 1. The first-order valence-corrected chi connectivity index (χ1v) is 13.8. The predicted molar refractivity (Wildman–Crippen MR) is 157 cm³/mol. The van der Waals surface area contributed by atoms with Crippen LogP contribution in [0.5, 0.6) is 11.5 Å². The van der Waals surface area contributed by atoms with E-state index >= 15 is 0 Å². The molecule has 0 bridgehead atoms. The van der Waals surface area contributed by atoms with Crippen LogP contribution >= 0.6 is 11.6 Å². The largest absolute Gasteiger partial charge is 0.505 e. The smallest absolute Gasteiger partial charge is 0.319 e. The fraction of sp³-hybridized carbons (Fsp3) is 0.258. The standard InChI is InChI=1S/C31H30ClN3O6/c1-2-41-22-13-12-18-14-20(11-10-19(18)15-22)25(16-27(36)37)33-31(40)34-28-29(38)23-7-5-9-26(23)35(30(28)39)17-21-6-3-4-8-24(21)32/h3-4,6,8,10-15,25,38H,2,5,7,9,16-17H2,1H3,(H,36,37)(H2,33,34,40)/t25-/m0/s1. The topological polar surface area (TPSA) is 130 Å². The van der Waals surface area contributed by atoms with Crippen molar-refractivity contribution in [2.24, 2.45) is 0 Å². The van der Waals surface area contributed by atoms with Gasteiger partial charge in [0.2, 0.25) is 0 Å². The molecule has 41 heavy (non-hydrogen) atoms. The molecule has 4 N–H and O–H groups in total. The second kappa shape index (κ2) is 11.9. The normalized spacial score (nSPS) is 13.0. The molecule has 1 aliphatic carbocycles. The molecule has 9 nitrogen and oxygen atoms in total. The van der Waals surface area contributed by atoms with Gasteiger partial charge < -0.3 is 30.2 Å². The molecule has 4 aromatic rings. The van der Waals surface area contributed by atoms with Crippen LogP contribution < -0.4 is 20.9 Å². The highest BCUT2D eigenvalue weighted by molar-refractivity contribution is 6.31. The Kier molecular flexibility index (Phi) is 8.16. The number of ether oxygens (including phenoxy) is 1. The number of hydrogen-bond donors (Lipinski definition) is 4. The zero-order valence-electron chi connectivity index (χ0n) is 22.4. The van der Waals surface area contributed by atoms with Gasteiger partial charge in [-0.15, -0.1) is 0 Å². The summed E-state index contributed by atoms with van der Waals surface area (Å²) in [5, 5.41) is 28.0. The van der Waals surface area contributed by atoms with E-state index in [4.69, 9.17) is 16.3 Å². The number of nitrogens with zero attached hydrogens (tertiary/aromatic N) is 1. The molecule has 0 fully saturated rings. The Morgan fingerprint density at radius 2 is 1.83 bits per heavy atom. The number of hydrogen-bond acceptors (Lipinski definition) is 5. The Bertz CT molecular complexity index is 1700. The van der Waals surface area contributed by atoms with E-state index in [2.05, 4.69) is 10.6 Å². The second-order valence-corrected chi connectivity index (χ2v) is 10.3. The van der Waals surface area contributed by atoms with Gasteiger partial charge in [0.05, 0.1) is 25.6 Å². The molecular weight excluding hydrogens is 546 g/mol. The van der Waals surface area contributed by atoms with Gasteiger partial charge in [-0.05, 0) is 72.4 Å². The molecule has 10 heteroatoms. The average Bonchev–Trinajstić information content (AvgIpc) is 3.44. The first-order chi connectivity index (χ1) is 19.7. The van der Waals surface area contributed by atoms with E-state index in [1.54, 1.807) is 18.2 Å². The number of pyridine rings is 1. The van der Waals surface area contributed by atoms with Crippen molar-refractivity contribution in [3.63, 3.8) is 0 Å². The summed E-state index contributed by atoms with van der Waals surface area (Å²) in [6.07, 6.45) is 1.55. The fourth-order valence-electron chi connectivity index (χ4n) is 5.32. The highest BCUT2D eigenvalue weighted by atomic mass is 35.5. The summed E-state index contributed by atoms with van der Waals surface area (Å²) in [5.74, 6) is -0.648. The summed E-state index contributed by atoms with van der Waals surface area (Å²) in [5.41, 5.74) is 1.81. The Morgan fingerprint density at radius 1 is 1.07 bits per heavy atom. The molecule has 1 aromatic heterocycles. The molecule has 2 amide bonds. The highest BCUT2D eigenvalue weighted by Gasteiger charge is 2.27. The van der Waals surface area contributed by atoms with Crippen molar-refractivity contribution in [3.8, 4) is 11.5 Å². The number of aliphatic carboxylic acids is 1. The zero-order chi connectivity index (χ0) is 29.1. The second-order valence-electron chi connectivity index (χ2n) is 9.94. The summed E-state index contributed by atoms with van der Waals surface area (Å²) >= 11 is 6.35. The van der Waals surface area contributed by atoms with Gasteiger partial charge in [0.15, 0.2) is 5.69 Å². The summed E-state index contributed by atoms with van der Waals surface area (Å²) in [7, 11) is 0. The number of nitrogens with one attached hydrogen (secondary N) is 2. The Balaban J connectivity index is 1.43. The number of rotatable bonds is 9. The number of carboxylic acids is 1. The number of carbonyl (C=O) groups excluding carboxylic acids is 1. The van der Waals surface area contributed by atoms with Crippen molar-refractivity contribution in [3.05, 3.63) is 98.4 Å². The van der Waals surface area contributed by atoms with Crippen molar-refractivity contribution in [1.29, 1.82) is 0 Å². The van der Waals surface area contributed by atoms with E-state index in [0.29, 0.717) is 41.3 Å². The molecule has 1 atom stereocenters. The van der Waals surface area contributed by atoms with Crippen molar-refractivity contribution in [2.75, 3.05) is 11.9 Å². The molecule has 0 unspecified atom stereocenters. The number of aromatic nitrogens is 1. The van der Waals surface area contributed by atoms with Gasteiger partial charge in [-0.25, -0.2) is 4.79 Å². The van der Waals surface area contributed by atoms with Crippen LogP contribution in [0.4, 0.5) is 10.5 Å². The lowest BCUT2D eigenvalue weighted by molar-refractivity contribution is -0.137. The third-order valence-electron chi connectivity index (χ3n) is 7.25. The predicted octanol–water partition coefficient (Wildman–Crippen LogP) is 5.63. The van der Waals surface area contributed by atoms with Crippen molar-refractivity contribution < 1.29 is 24.5 Å². The summed E-state index contributed by atoms with van der Waals surface area (Å²) in [6.45, 7) is 2.62. The van der Waals surface area contributed by atoms with Gasteiger partial charge in [-0.3, -0.25) is 9.59 Å². The summed E-state index contributed by atoms with van der Waals surface area (Å²) < 4.78 is 7.09. The van der Waals surface area contributed by atoms with Crippen molar-refractivity contribution in [1.82, 2.24) is 9.88 Å². The Labute approximate surface area is 241 Å². The number of halogens is 1. The zero-order valence-corrected chi connectivity index (χ0v) is 23.2. The van der Waals surface area contributed by atoms with Crippen LogP contribution in [0.3, 0.4) is 0 Å². The van der Waals surface area contributed by atoms with Crippen molar-refractivity contribution >= 4 is 40.1 Å². The maximum Gasteiger partial charge on any atom is 0.319 e. The van der Waals surface area contributed by atoms with Crippen LogP contribution in [-0.4, -0.2) is 33.4 Å². The van der Waals surface area contributed by atoms with Gasteiger partial charge in [0.25, 0.3) is 5.56 Å². The van der Waals surface area contributed by atoms with E-state index in [9.17, 15) is 24.6 Å². The molecule has 212 valence electrons. The minimum atomic E-state index is -1.11. The summed E-state index contributed by atoms with van der Waals surface area (Å²) in [6, 6.07) is 16.4. The first-order valence-electron chi connectivity index (χ1n) is 13.4. The van der Waals surface area contributed by atoms with Crippen LogP contribution in [-0.2, 0) is 24.2 Å². The lowest BCUT2D eigenvalue weighted by Crippen LogP contribution is -2.37. The molecule has 5 rings (SSSR count). The van der Waals surface area contributed by atoms with Crippen LogP contribution in [0, 0.1) is 0 Å². The van der Waals surface area contributed by atoms with Gasteiger partial charge in [-0.2, -0.15) is 0 Å². The Morgan fingerprint density at radius 3 is 2.59 bits per heavy atom. The summed E-state index contributed by atoms with van der Waals surface area (Å²) in [4.78, 5) is 38.4. The van der Waals surface area contributed by atoms with Crippen LogP contribution in [0.1, 0.15) is 48.2 Å². The SMILES string of the molecule is CCOc1ccc2cc([C@H](CC(=O)O)NC(=O)Nc3c(O)c4c(n(Cc5ccccc5Cl)c3=O)CCC4)ccc2c1. The number of aromatic hydroxyl groups is 1. The van der Waals surface area contributed by atoms with E-state index in [1.807, 2.05) is 49.4 Å². The number of amides is 2. The molecule has 1 aliphatic rings. The molecule has 0 spiro atoms. The van der Waals surface area contributed by atoms with Crippen LogP contribution in [0.15, 0.2) is 65.5 Å². The van der Waals surface area contributed by atoms with E-state index < -0.39 is 23.6 Å². The van der Waals surface area contributed by atoms with Gasteiger partial charge in [-0.1, -0.05) is 48.0 Å². The minimum absolute atomic E-state index is 0.182. The maximum atomic E-state index is 13.6. The maximum absolute atomic E-state index is 13.6. The third kappa shape index (κ3) is 6.00. The Hall–Kier alpha value is -4.50. The number of urea groups is 1. The van der Waals surface area contributed by atoms with Gasteiger partial charge in [0, 0.05) is 16.3 Å². The lowest BCUT2D eigenvalue weighted by Gasteiger charge is -2.20. The van der Waals surface area contributed by atoms with Crippen LogP contribution in [0.25, 0.3) is 10.8 Å². The first kappa shape index (κ1) is 28.0. The van der Waals surface area contributed by atoms with Gasteiger partial charge >= 0.3 is 12.0 Å². The molecule has 0 aliphatic heterocycles. The van der Waals surface area contributed by atoms with E-state index in [1.165, 1.54) is 4.57 Å². The molecule has 0 saturated heterocycles. The third-order valence-corrected chi connectivity index (χ3v) is 7.62. The number of fused-ring (bicyclic) bond motifs is 2. The van der Waals surface area contributed by atoms with Gasteiger partial charge in [0.1, 0.15) is 11.5 Å². The van der Waals surface area contributed by atoms with Crippen LogP contribution in [0.2, 0.25) is 5.02 Å². The van der Waals surface area contributed by atoms with Crippen molar-refractivity contribution in [2.45, 2.75) is 45.2 Å². The van der Waals surface area contributed by atoms with E-state index in [0.717, 1.165) is 28.5 Å². The highest BCUT2D eigenvalue weighted by Crippen LogP contribution is 2.34. The lowest BCUT2D eigenvalue weighted by atomic mass is 9.99. The molecule has 1 heterocycles. The number of carbonyl (C=O) groups is 2. The molecule has 0 saturated carbocycles. The molecule has 3 aromatic carbocycles. The monoisotopic (exact) mass is 575 g/mol. The quantitative estimate of drug-likeness (QED) is 0.204. The van der Waals surface area contributed by atoms with E-state index in [-0.39, 0.29) is 24.4 Å². The minimum Gasteiger partial charge on any atom is -0.505 e. The number of anilines is 1. The average molecular weight is 576 g/mol.